The first kappa shape index (κ1) is 15.0. The number of nitrogens with one attached hydrogen (secondary N) is 1. The van der Waals surface area contributed by atoms with E-state index in [0.717, 1.165) is 5.56 Å². The van der Waals surface area contributed by atoms with E-state index >= 15 is 0 Å². The quantitative estimate of drug-likeness (QED) is 0.910. The lowest BCUT2D eigenvalue weighted by molar-refractivity contribution is -0.136. The second-order valence-corrected chi connectivity index (χ2v) is 4.95. The third-order valence-corrected chi connectivity index (χ3v) is 3.10. The van der Waals surface area contributed by atoms with Gasteiger partial charge in [0, 0.05) is 0 Å². The van der Waals surface area contributed by atoms with Crippen LogP contribution < -0.4 is 5.32 Å². The average Bonchev–Trinajstić information content (AvgIpc) is 2.40. The van der Waals surface area contributed by atoms with E-state index in [1.807, 2.05) is 6.92 Å². The molecule has 0 unspecified atom stereocenters. The SMILES string of the molecule is Cc1ccc(C(=O)Nc2ccc(CC(=O)O)nc2)c(Cl)c1. The summed E-state index contributed by atoms with van der Waals surface area (Å²) >= 11 is 6.03. The Bertz CT molecular complexity index is 684. The number of amides is 1. The van der Waals surface area contributed by atoms with Crippen molar-refractivity contribution in [1.82, 2.24) is 4.98 Å². The Kier molecular flexibility index (Phi) is 4.55. The lowest BCUT2D eigenvalue weighted by Crippen LogP contribution is -2.13. The molecule has 1 amide bonds. The van der Waals surface area contributed by atoms with E-state index in [1.54, 1.807) is 30.3 Å². The highest BCUT2D eigenvalue weighted by molar-refractivity contribution is 6.34. The molecular weight excluding hydrogens is 292 g/mol. The molecule has 0 bridgehead atoms. The van der Waals surface area contributed by atoms with Crippen LogP contribution >= 0.6 is 11.6 Å². The first-order valence-electron chi connectivity index (χ1n) is 6.20. The molecule has 0 spiro atoms. The van der Waals surface area contributed by atoms with Crippen LogP contribution in [-0.2, 0) is 11.2 Å². The van der Waals surface area contributed by atoms with E-state index in [0.29, 0.717) is 22.0 Å². The fourth-order valence-electron chi connectivity index (χ4n) is 1.76. The number of halogens is 1. The van der Waals surface area contributed by atoms with Gasteiger partial charge in [-0.1, -0.05) is 17.7 Å². The third-order valence-electron chi connectivity index (χ3n) is 2.78. The molecule has 21 heavy (non-hydrogen) atoms. The number of aryl methyl sites for hydroxylation is 1. The van der Waals surface area contributed by atoms with Crippen molar-refractivity contribution in [3.8, 4) is 0 Å². The number of aromatic nitrogens is 1. The molecule has 0 atom stereocenters. The number of aliphatic carboxylic acids is 1. The van der Waals surface area contributed by atoms with Crippen molar-refractivity contribution in [2.75, 3.05) is 5.32 Å². The average molecular weight is 305 g/mol. The second-order valence-electron chi connectivity index (χ2n) is 4.55. The summed E-state index contributed by atoms with van der Waals surface area (Å²) in [5, 5.41) is 11.7. The van der Waals surface area contributed by atoms with Crippen molar-refractivity contribution in [1.29, 1.82) is 0 Å². The fraction of sp³-hybridized carbons (Fsp3) is 0.133. The summed E-state index contributed by atoms with van der Waals surface area (Å²) in [5.41, 5.74) is 2.24. The minimum Gasteiger partial charge on any atom is -0.481 e. The smallest absolute Gasteiger partial charge is 0.309 e. The van der Waals surface area contributed by atoms with Crippen molar-refractivity contribution in [2.45, 2.75) is 13.3 Å². The van der Waals surface area contributed by atoms with Gasteiger partial charge in [0.15, 0.2) is 0 Å². The van der Waals surface area contributed by atoms with E-state index < -0.39 is 5.97 Å². The van der Waals surface area contributed by atoms with Gasteiger partial charge in [-0.05, 0) is 36.8 Å². The van der Waals surface area contributed by atoms with Gasteiger partial charge in [-0.15, -0.1) is 0 Å². The van der Waals surface area contributed by atoms with Crippen LogP contribution in [0.2, 0.25) is 5.02 Å². The van der Waals surface area contributed by atoms with Gasteiger partial charge in [0.1, 0.15) is 0 Å². The van der Waals surface area contributed by atoms with E-state index in [9.17, 15) is 9.59 Å². The molecule has 0 saturated heterocycles. The molecule has 0 saturated carbocycles. The standard InChI is InChI=1S/C15H13ClN2O3/c1-9-2-5-12(13(16)6-9)15(21)18-11-4-3-10(17-8-11)7-14(19)20/h2-6,8H,7H2,1H3,(H,18,21)(H,19,20). The predicted molar refractivity (Wildman–Crippen MR) is 79.7 cm³/mol. The summed E-state index contributed by atoms with van der Waals surface area (Å²) in [4.78, 5) is 26.6. The van der Waals surface area contributed by atoms with Crippen molar-refractivity contribution >= 4 is 29.2 Å². The van der Waals surface area contributed by atoms with Crippen LogP contribution in [-0.4, -0.2) is 22.0 Å². The zero-order valence-corrected chi connectivity index (χ0v) is 12.0. The van der Waals surface area contributed by atoms with Gasteiger partial charge in [-0.3, -0.25) is 14.6 Å². The van der Waals surface area contributed by atoms with Crippen molar-refractivity contribution in [2.24, 2.45) is 0 Å². The molecule has 2 aromatic rings. The lowest BCUT2D eigenvalue weighted by Gasteiger charge is -2.07. The molecule has 0 aliphatic rings. The number of hydrogen-bond acceptors (Lipinski definition) is 3. The van der Waals surface area contributed by atoms with Gasteiger partial charge in [0.25, 0.3) is 5.91 Å². The molecule has 1 heterocycles. The normalized spacial score (nSPS) is 10.2. The number of anilines is 1. The number of carbonyl (C=O) groups is 2. The lowest BCUT2D eigenvalue weighted by atomic mass is 10.1. The van der Waals surface area contributed by atoms with Crippen molar-refractivity contribution < 1.29 is 14.7 Å². The largest absolute Gasteiger partial charge is 0.481 e. The Hall–Kier alpha value is -2.40. The van der Waals surface area contributed by atoms with Crippen LogP contribution in [0.15, 0.2) is 36.5 Å². The number of rotatable bonds is 4. The molecular formula is C15H13ClN2O3. The molecule has 1 aromatic heterocycles. The molecule has 0 aliphatic carbocycles. The van der Waals surface area contributed by atoms with Crippen molar-refractivity contribution in [3.63, 3.8) is 0 Å². The Morgan fingerprint density at radius 1 is 1.29 bits per heavy atom. The minimum absolute atomic E-state index is 0.155. The second kappa shape index (κ2) is 6.37. The monoisotopic (exact) mass is 304 g/mol. The highest BCUT2D eigenvalue weighted by atomic mass is 35.5. The molecule has 0 radical (unpaired) electrons. The highest BCUT2D eigenvalue weighted by Crippen LogP contribution is 2.19. The molecule has 1 aromatic carbocycles. The van der Waals surface area contributed by atoms with E-state index in [4.69, 9.17) is 16.7 Å². The Morgan fingerprint density at radius 2 is 2.05 bits per heavy atom. The molecule has 108 valence electrons. The van der Waals surface area contributed by atoms with Gasteiger partial charge >= 0.3 is 5.97 Å². The third kappa shape index (κ3) is 4.03. The van der Waals surface area contributed by atoms with E-state index in [1.165, 1.54) is 6.20 Å². The number of benzene rings is 1. The van der Waals surface area contributed by atoms with Gasteiger partial charge in [0.05, 0.1) is 34.6 Å². The number of pyridine rings is 1. The van der Waals surface area contributed by atoms with Crippen LogP contribution in [0.1, 0.15) is 21.6 Å². The number of carboxylic acids is 1. The zero-order chi connectivity index (χ0) is 15.4. The summed E-state index contributed by atoms with van der Waals surface area (Å²) in [5.74, 6) is -1.29. The highest BCUT2D eigenvalue weighted by Gasteiger charge is 2.11. The van der Waals surface area contributed by atoms with Crippen LogP contribution in [0, 0.1) is 6.92 Å². The molecule has 2 rings (SSSR count). The fourth-order valence-corrected chi connectivity index (χ4v) is 2.08. The summed E-state index contributed by atoms with van der Waals surface area (Å²) in [6.07, 6.45) is 1.26. The predicted octanol–water partition coefficient (Wildman–Crippen LogP) is 2.92. The molecule has 2 N–H and O–H groups in total. The Labute approximate surface area is 126 Å². The first-order valence-corrected chi connectivity index (χ1v) is 6.58. The summed E-state index contributed by atoms with van der Waals surface area (Å²) in [6, 6.07) is 8.32. The maximum Gasteiger partial charge on any atom is 0.309 e. The van der Waals surface area contributed by atoms with E-state index in [-0.39, 0.29) is 12.3 Å². The number of carboxylic acid groups (broad SMARTS) is 1. The van der Waals surface area contributed by atoms with Gasteiger partial charge in [-0.2, -0.15) is 0 Å². The van der Waals surface area contributed by atoms with Crippen molar-refractivity contribution in [3.05, 3.63) is 58.4 Å². The number of nitrogens with zero attached hydrogens (tertiary/aromatic N) is 1. The number of hydrogen-bond donors (Lipinski definition) is 2. The zero-order valence-electron chi connectivity index (χ0n) is 11.3. The molecule has 0 aliphatic heterocycles. The number of carbonyl (C=O) groups excluding carboxylic acids is 1. The van der Waals surface area contributed by atoms with Crippen LogP contribution in [0.3, 0.4) is 0 Å². The Morgan fingerprint density at radius 3 is 2.62 bits per heavy atom. The molecule has 6 heteroatoms. The first-order chi connectivity index (χ1) is 9.95. The summed E-state index contributed by atoms with van der Waals surface area (Å²) in [6.45, 7) is 1.89. The summed E-state index contributed by atoms with van der Waals surface area (Å²) in [7, 11) is 0. The summed E-state index contributed by atoms with van der Waals surface area (Å²) < 4.78 is 0. The Balaban J connectivity index is 2.10. The molecule has 5 nitrogen and oxygen atoms in total. The van der Waals surface area contributed by atoms with Gasteiger partial charge in [0.2, 0.25) is 0 Å². The maximum atomic E-state index is 12.1. The van der Waals surface area contributed by atoms with Crippen LogP contribution in [0.5, 0.6) is 0 Å². The topological polar surface area (TPSA) is 79.3 Å². The van der Waals surface area contributed by atoms with Crippen LogP contribution in [0.4, 0.5) is 5.69 Å². The maximum absolute atomic E-state index is 12.1. The van der Waals surface area contributed by atoms with Crippen LogP contribution in [0.25, 0.3) is 0 Å². The minimum atomic E-state index is -0.953. The van der Waals surface area contributed by atoms with E-state index in [2.05, 4.69) is 10.3 Å². The van der Waals surface area contributed by atoms with Gasteiger partial charge < -0.3 is 10.4 Å². The van der Waals surface area contributed by atoms with Gasteiger partial charge in [-0.25, -0.2) is 0 Å². The molecule has 0 fully saturated rings.